The van der Waals surface area contributed by atoms with E-state index in [1.54, 1.807) is 6.92 Å². The van der Waals surface area contributed by atoms with Crippen molar-refractivity contribution < 1.29 is 9.59 Å². The number of nitrogens with zero attached hydrogens (tertiary/aromatic N) is 1. The highest BCUT2D eigenvalue weighted by Crippen LogP contribution is 2.08. The van der Waals surface area contributed by atoms with E-state index in [9.17, 15) is 9.59 Å². The van der Waals surface area contributed by atoms with Crippen molar-refractivity contribution in [3.8, 4) is 0 Å². The van der Waals surface area contributed by atoms with Crippen LogP contribution in [0.2, 0.25) is 0 Å². The third-order valence-electron chi connectivity index (χ3n) is 2.88. The maximum atomic E-state index is 11.9. The topological polar surface area (TPSA) is 49.4 Å². The average molecular weight is 226 g/mol. The van der Waals surface area contributed by atoms with Crippen LogP contribution in [0.15, 0.2) is 0 Å². The molecule has 1 atom stereocenters. The first-order valence-electron chi connectivity index (χ1n) is 6.09. The molecule has 0 aromatic rings. The molecular weight excluding hydrogens is 204 g/mol. The molecule has 1 saturated heterocycles. The lowest BCUT2D eigenvalue weighted by Crippen LogP contribution is -2.42. The molecule has 0 saturated carbocycles. The molecule has 0 aliphatic carbocycles. The van der Waals surface area contributed by atoms with Crippen LogP contribution in [0.1, 0.15) is 40.0 Å². The zero-order valence-electron chi connectivity index (χ0n) is 10.5. The van der Waals surface area contributed by atoms with Gasteiger partial charge in [0, 0.05) is 19.5 Å². The highest BCUT2D eigenvalue weighted by Gasteiger charge is 2.25. The Bertz CT molecular complexity index is 264. The molecule has 0 spiro atoms. The Kier molecular flexibility index (Phi) is 4.77. The summed E-state index contributed by atoms with van der Waals surface area (Å²) in [6.07, 6.45) is 2.57. The molecule has 1 aliphatic rings. The normalized spacial score (nSPS) is 22.2. The molecule has 4 nitrogen and oxygen atoms in total. The molecule has 1 rings (SSSR count). The molecule has 0 bridgehead atoms. The Hall–Kier alpha value is -1.06. The maximum absolute atomic E-state index is 11.9. The Morgan fingerprint density at radius 1 is 1.44 bits per heavy atom. The molecule has 0 aromatic heterocycles. The molecule has 1 fully saturated rings. The van der Waals surface area contributed by atoms with Crippen LogP contribution < -0.4 is 5.32 Å². The summed E-state index contributed by atoms with van der Waals surface area (Å²) in [4.78, 5) is 25.0. The standard InChI is InChI=1S/C12H22N2O2/c1-9(2)5-4-7-14-8-6-11(15)13-10(3)12(14)16/h9-10H,4-8H2,1-3H3,(H,13,15). The van der Waals surface area contributed by atoms with Crippen LogP contribution in [-0.4, -0.2) is 35.8 Å². The Morgan fingerprint density at radius 3 is 2.75 bits per heavy atom. The zero-order valence-corrected chi connectivity index (χ0v) is 10.5. The third kappa shape index (κ3) is 3.83. The van der Waals surface area contributed by atoms with Gasteiger partial charge in [0.1, 0.15) is 6.04 Å². The van der Waals surface area contributed by atoms with Crippen LogP contribution in [0.4, 0.5) is 0 Å². The molecule has 0 aromatic carbocycles. The van der Waals surface area contributed by atoms with Crippen LogP contribution in [-0.2, 0) is 9.59 Å². The Balaban J connectivity index is 2.44. The number of nitrogens with one attached hydrogen (secondary N) is 1. The fourth-order valence-corrected chi connectivity index (χ4v) is 1.91. The third-order valence-corrected chi connectivity index (χ3v) is 2.88. The predicted molar refractivity (Wildman–Crippen MR) is 62.9 cm³/mol. The van der Waals surface area contributed by atoms with Crippen molar-refractivity contribution in [1.29, 1.82) is 0 Å². The maximum Gasteiger partial charge on any atom is 0.244 e. The highest BCUT2D eigenvalue weighted by atomic mass is 16.2. The summed E-state index contributed by atoms with van der Waals surface area (Å²) in [7, 11) is 0. The van der Waals surface area contributed by atoms with E-state index in [0.29, 0.717) is 18.9 Å². The second-order valence-electron chi connectivity index (χ2n) is 4.90. The number of hydrogen-bond acceptors (Lipinski definition) is 2. The lowest BCUT2D eigenvalue weighted by atomic mass is 10.1. The van der Waals surface area contributed by atoms with E-state index in [0.717, 1.165) is 19.4 Å². The van der Waals surface area contributed by atoms with Crippen molar-refractivity contribution in [2.24, 2.45) is 5.92 Å². The van der Waals surface area contributed by atoms with Gasteiger partial charge in [0.25, 0.3) is 0 Å². The van der Waals surface area contributed by atoms with Gasteiger partial charge in [-0.05, 0) is 25.7 Å². The van der Waals surface area contributed by atoms with Crippen LogP contribution in [0.25, 0.3) is 0 Å². The van der Waals surface area contributed by atoms with Gasteiger partial charge in [-0.3, -0.25) is 9.59 Å². The van der Waals surface area contributed by atoms with Crippen molar-refractivity contribution in [1.82, 2.24) is 10.2 Å². The van der Waals surface area contributed by atoms with Crippen LogP contribution in [0, 0.1) is 5.92 Å². The van der Waals surface area contributed by atoms with Crippen molar-refractivity contribution in [3.05, 3.63) is 0 Å². The summed E-state index contributed by atoms with van der Waals surface area (Å²) in [6, 6.07) is -0.367. The first kappa shape index (κ1) is 13.0. The van der Waals surface area contributed by atoms with E-state index >= 15 is 0 Å². The summed E-state index contributed by atoms with van der Waals surface area (Å²) in [5, 5.41) is 2.69. The van der Waals surface area contributed by atoms with Gasteiger partial charge in [-0.15, -0.1) is 0 Å². The van der Waals surface area contributed by atoms with Crippen molar-refractivity contribution in [3.63, 3.8) is 0 Å². The first-order valence-corrected chi connectivity index (χ1v) is 6.09. The second kappa shape index (κ2) is 5.87. The van der Waals surface area contributed by atoms with E-state index in [2.05, 4.69) is 19.2 Å². The number of rotatable bonds is 4. The minimum atomic E-state index is -0.367. The fourth-order valence-electron chi connectivity index (χ4n) is 1.91. The van der Waals surface area contributed by atoms with E-state index in [1.807, 2.05) is 4.90 Å². The molecule has 1 heterocycles. The molecule has 1 N–H and O–H groups in total. The number of carbonyl (C=O) groups is 2. The Morgan fingerprint density at radius 2 is 2.12 bits per heavy atom. The summed E-state index contributed by atoms with van der Waals surface area (Å²) in [5.41, 5.74) is 0. The number of carbonyl (C=O) groups excluding carboxylic acids is 2. The van der Waals surface area contributed by atoms with Gasteiger partial charge >= 0.3 is 0 Å². The van der Waals surface area contributed by atoms with Gasteiger partial charge in [-0.2, -0.15) is 0 Å². The van der Waals surface area contributed by atoms with Gasteiger partial charge in [0.2, 0.25) is 11.8 Å². The van der Waals surface area contributed by atoms with Crippen LogP contribution in [0.5, 0.6) is 0 Å². The highest BCUT2D eigenvalue weighted by molar-refractivity contribution is 5.89. The lowest BCUT2D eigenvalue weighted by molar-refractivity contribution is -0.133. The monoisotopic (exact) mass is 226 g/mol. The molecule has 0 radical (unpaired) electrons. The van der Waals surface area contributed by atoms with Gasteiger partial charge in [0.15, 0.2) is 0 Å². The van der Waals surface area contributed by atoms with Gasteiger partial charge in [-0.25, -0.2) is 0 Å². The lowest BCUT2D eigenvalue weighted by Gasteiger charge is -2.22. The predicted octanol–water partition coefficient (Wildman–Crippen LogP) is 1.16. The van der Waals surface area contributed by atoms with Crippen LogP contribution in [0.3, 0.4) is 0 Å². The largest absolute Gasteiger partial charge is 0.345 e. The summed E-state index contributed by atoms with van der Waals surface area (Å²) in [6.45, 7) is 7.44. The number of hydrogen-bond donors (Lipinski definition) is 1. The number of amides is 2. The van der Waals surface area contributed by atoms with Gasteiger partial charge < -0.3 is 10.2 Å². The second-order valence-corrected chi connectivity index (χ2v) is 4.90. The molecule has 92 valence electrons. The molecular formula is C12H22N2O2. The van der Waals surface area contributed by atoms with E-state index in [1.165, 1.54) is 0 Å². The summed E-state index contributed by atoms with van der Waals surface area (Å²) >= 11 is 0. The zero-order chi connectivity index (χ0) is 12.1. The van der Waals surface area contributed by atoms with E-state index < -0.39 is 0 Å². The van der Waals surface area contributed by atoms with E-state index in [4.69, 9.17) is 0 Å². The van der Waals surface area contributed by atoms with Gasteiger partial charge in [0.05, 0.1) is 0 Å². The molecule has 1 unspecified atom stereocenters. The smallest absolute Gasteiger partial charge is 0.244 e. The summed E-state index contributed by atoms with van der Waals surface area (Å²) < 4.78 is 0. The fraction of sp³-hybridized carbons (Fsp3) is 0.833. The molecule has 16 heavy (non-hydrogen) atoms. The minimum absolute atomic E-state index is 0.0211. The molecule has 2 amide bonds. The SMILES string of the molecule is CC(C)CCCN1CCC(=O)NC(C)C1=O. The molecule has 4 heteroatoms. The van der Waals surface area contributed by atoms with Crippen molar-refractivity contribution in [2.75, 3.05) is 13.1 Å². The molecule has 1 aliphatic heterocycles. The van der Waals surface area contributed by atoms with Gasteiger partial charge in [-0.1, -0.05) is 13.8 Å². The first-order chi connectivity index (χ1) is 7.50. The van der Waals surface area contributed by atoms with Crippen molar-refractivity contribution >= 4 is 11.8 Å². The quantitative estimate of drug-likeness (QED) is 0.782. The van der Waals surface area contributed by atoms with Crippen molar-refractivity contribution in [2.45, 2.75) is 46.1 Å². The average Bonchev–Trinajstić information content (AvgIpc) is 2.31. The minimum Gasteiger partial charge on any atom is -0.345 e. The van der Waals surface area contributed by atoms with Crippen LogP contribution >= 0.6 is 0 Å². The summed E-state index contributed by atoms with van der Waals surface area (Å²) in [5.74, 6) is 0.695. The van der Waals surface area contributed by atoms with E-state index in [-0.39, 0.29) is 17.9 Å². The Labute approximate surface area is 97.4 Å².